The maximum atomic E-state index is 11.1. The highest BCUT2D eigenvalue weighted by atomic mass is 16.2. The second kappa shape index (κ2) is 2.74. The van der Waals surface area contributed by atoms with Crippen molar-refractivity contribution >= 4 is 0 Å². The molecule has 2 aromatic rings. The number of nitrogens with one attached hydrogen (secondary N) is 2. The Bertz CT molecular complexity index is 480. The van der Waals surface area contributed by atoms with Crippen molar-refractivity contribution in [3.05, 3.63) is 45.5 Å². The van der Waals surface area contributed by atoms with E-state index in [9.17, 15) is 9.59 Å². The quantitative estimate of drug-likeness (QED) is 0.602. The lowest BCUT2D eigenvalue weighted by Gasteiger charge is -1.95. The van der Waals surface area contributed by atoms with E-state index in [0.717, 1.165) is 4.57 Å². The first kappa shape index (κ1) is 7.53. The van der Waals surface area contributed by atoms with Gasteiger partial charge in [-0.3, -0.25) is 4.98 Å². The smallest absolute Gasteiger partial charge is 0.265 e. The van der Waals surface area contributed by atoms with Gasteiger partial charge in [-0.1, -0.05) is 0 Å². The Morgan fingerprint density at radius 3 is 2.15 bits per heavy atom. The summed E-state index contributed by atoms with van der Waals surface area (Å²) >= 11 is 0. The van der Waals surface area contributed by atoms with Crippen LogP contribution in [-0.2, 0) is 0 Å². The van der Waals surface area contributed by atoms with Gasteiger partial charge < -0.3 is 0 Å². The fourth-order valence-corrected chi connectivity index (χ4v) is 1.04. The molecule has 0 radical (unpaired) electrons. The van der Waals surface area contributed by atoms with Gasteiger partial charge in [0, 0.05) is 12.4 Å². The summed E-state index contributed by atoms with van der Waals surface area (Å²) in [6.07, 6.45) is 3.02. The summed E-state index contributed by atoms with van der Waals surface area (Å²) in [5.74, 6) is 0. The van der Waals surface area contributed by atoms with Gasteiger partial charge in [0.1, 0.15) is 0 Å². The molecule has 0 aliphatic heterocycles. The molecule has 0 aliphatic carbocycles. The van der Waals surface area contributed by atoms with Gasteiger partial charge in [-0.25, -0.2) is 24.4 Å². The molecule has 0 aromatic carbocycles. The van der Waals surface area contributed by atoms with E-state index in [4.69, 9.17) is 0 Å². The molecular weight excluding hydrogens is 172 g/mol. The molecule has 0 atom stereocenters. The second-order valence-electron chi connectivity index (χ2n) is 2.40. The number of pyridine rings is 1. The molecule has 0 saturated carbocycles. The van der Waals surface area contributed by atoms with Gasteiger partial charge in [0.05, 0.1) is 5.69 Å². The number of aromatic nitrogens is 4. The Kier molecular flexibility index (Phi) is 1.59. The van der Waals surface area contributed by atoms with E-state index in [2.05, 4.69) is 15.2 Å². The summed E-state index contributed by atoms with van der Waals surface area (Å²) < 4.78 is 0.988. The fraction of sp³-hybridized carbons (Fsp3) is 0. The minimum Gasteiger partial charge on any atom is -0.265 e. The molecule has 0 bridgehead atoms. The number of hydrogen-bond donors (Lipinski definition) is 2. The van der Waals surface area contributed by atoms with Crippen molar-refractivity contribution in [1.29, 1.82) is 0 Å². The van der Waals surface area contributed by atoms with Crippen LogP contribution in [0, 0.1) is 0 Å². The zero-order chi connectivity index (χ0) is 9.26. The molecule has 0 spiro atoms. The molecule has 0 unspecified atom stereocenters. The van der Waals surface area contributed by atoms with E-state index in [1.807, 2.05) is 0 Å². The van der Waals surface area contributed by atoms with Gasteiger partial charge in [-0.05, 0) is 12.1 Å². The van der Waals surface area contributed by atoms with Crippen LogP contribution in [0.3, 0.4) is 0 Å². The maximum Gasteiger partial charge on any atom is 0.348 e. The summed E-state index contributed by atoms with van der Waals surface area (Å²) in [4.78, 5) is 26.0. The van der Waals surface area contributed by atoms with E-state index in [0.29, 0.717) is 5.69 Å². The van der Waals surface area contributed by atoms with E-state index in [1.54, 1.807) is 12.1 Å². The highest BCUT2D eigenvalue weighted by Gasteiger charge is 2.03. The summed E-state index contributed by atoms with van der Waals surface area (Å²) in [5.41, 5.74) is -0.491. The van der Waals surface area contributed by atoms with Crippen LogP contribution in [0.5, 0.6) is 0 Å². The molecule has 0 fully saturated rings. The Balaban J connectivity index is 2.73. The van der Waals surface area contributed by atoms with Crippen molar-refractivity contribution in [2.75, 3.05) is 0 Å². The van der Waals surface area contributed by atoms with Crippen molar-refractivity contribution in [1.82, 2.24) is 19.7 Å². The molecule has 2 aromatic heterocycles. The first-order valence-electron chi connectivity index (χ1n) is 3.59. The molecule has 0 aliphatic rings. The van der Waals surface area contributed by atoms with Crippen LogP contribution >= 0.6 is 0 Å². The average molecular weight is 178 g/mol. The van der Waals surface area contributed by atoms with Crippen LogP contribution in [0.2, 0.25) is 0 Å². The number of nitrogens with zero attached hydrogens (tertiary/aromatic N) is 2. The fourth-order valence-electron chi connectivity index (χ4n) is 1.04. The van der Waals surface area contributed by atoms with Gasteiger partial charge in [0.2, 0.25) is 0 Å². The minimum atomic E-state index is -0.490. The molecule has 0 saturated heterocycles. The van der Waals surface area contributed by atoms with Crippen molar-refractivity contribution < 1.29 is 0 Å². The summed E-state index contributed by atoms with van der Waals surface area (Å²) in [6.45, 7) is 0. The minimum absolute atomic E-state index is 0.488. The van der Waals surface area contributed by atoms with Crippen molar-refractivity contribution in [2.24, 2.45) is 0 Å². The molecule has 0 amide bonds. The first-order valence-corrected chi connectivity index (χ1v) is 3.59. The Morgan fingerprint density at radius 2 is 1.62 bits per heavy atom. The molecule has 2 N–H and O–H groups in total. The van der Waals surface area contributed by atoms with Crippen molar-refractivity contribution in [3.8, 4) is 5.69 Å². The van der Waals surface area contributed by atoms with Gasteiger partial charge in [-0.15, -0.1) is 0 Å². The summed E-state index contributed by atoms with van der Waals surface area (Å²) in [6, 6.07) is 3.15. The van der Waals surface area contributed by atoms with Crippen LogP contribution in [0.1, 0.15) is 0 Å². The Labute approximate surface area is 71.9 Å². The zero-order valence-corrected chi connectivity index (χ0v) is 6.52. The van der Waals surface area contributed by atoms with E-state index < -0.39 is 11.4 Å². The van der Waals surface area contributed by atoms with Gasteiger partial charge >= 0.3 is 11.4 Å². The van der Waals surface area contributed by atoms with Crippen LogP contribution in [0.25, 0.3) is 5.69 Å². The first-order chi connectivity index (χ1) is 6.29. The molecular formula is C7H6N4O2. The molecule has 13 heavy (non-hydrogen) atoms. The van der Waals surface area contributed by atoms with Crippen LogP contribution in [0.4, 0.5) is 0 Å². The lowest BCUT2D eigenvalue weighted by atomic mass is 10.4. The topological polar surface area (TPSA) is 83.5 Å². The van der Waals surface area contributed by atoms with Crippen LogP contribution in [0.15, 0.2) is 34.1 Å². The average Bonchev–Trinajstić information content (AvgIpc) is 2.48. The predicted molar refractivity (Wildman–Crippen MR) is 44.8 cm³/mol. The third-order valence-corrected chi connectivity index (χ3v) is 1.60. The maximum absolute atomic E-state index is 11.1. The summed E-state index contributed by atoms with van der Waals surface area (Å²) in [7, 11) is 0. The van der Waals surface area contributed by atoms with Gasteiger partial charge in [0.15, 0.2) is 0 Å². The predicted octanol–water partition coefficient (Wildman–Crippen LogP) is -0.751. The highest BCUT2D eigenvalue weighted by molar-refractivity contribution is 5.27. The van der Waals surface area contributed by atoms with E-state index >= 15 is 0 Å². The van der Waals surface area contributed by atoms with E-state index in [1.165, 1.54) is 12.4 Å². The molecule has 6 heteroatoms. The Hall–Kier alpha value is -2.11. The SMILES string of the molecule is O=c1[nH][nH]c(=O)n1-c1ccncc1. The third-order valence-electron chi connectivity index (χ3n) is 1.60. The lowest BCUT2D eigenvalue weighted by Crippen LogP contribution is -2.24. The molecule has 2 rings (SSSR count). The van der Waals surface area contributed by atoms with Gasteiger partial charge in [0.25, 0.3) is 0 Å². The Morgan fingerprint density at radius 1 is 1.08 bits per heavy atom. The number of H-pyrrole nitrogens is 2. The standard InChI is InChI=1S/C7H6N4O2/c12-6-9-10-7(13)11(6)5-1-3-8-4-2-5/h1-4H,(H,9,12)(H,10,13). The van der Waals surface area contributed by atoms with Gasteiger partial charge in [-0.2, -0.15) is 0 Å². The highest BCUT2D eigenvalue weighted by Crippen LogP contribution is 1.96. The van der Waals surface area contributed by atoms with Crippen LogP contribution in [-0.4, -0.2) is 19.7 Å². The zero-order valence-electron chi connectivity index (χ0n) is 6.52. The van der Waals surface area contributed by atoms with Crippen LogP contribution < -0.4 is 11.4 Å². The number of aromatic amines is 2. The third kappa shape index (κ3) is 1.18. The number of hydrogen-bond acceptors (Lipinski definition) is 3. The molecule has 66 valence electrons. The number of rotatable bonds is 1. The normalized spacial score (nSPS) is 10.2. The summed E-state index contributed by atoms with van der Waals surface area (Å²) in [5, 5.41) is 4.37. The van der Waals surface area contributed by atoms with Crippen molar-refractivity contribution in [3.63, 3.8) is 0 Å². The monoisotopic (exact) mass is 178 g/mol. The molecule has 2 heterocycles. The molecule has 6 nitrogen and oxygen atoms in total. The second-order valence-corrected chi connectivity index (χ2v) is 2.40. The van der Waals surface area contributed by atoms with Crippen molar-refractivity contribution in [2.45, 2.75) is 0 Å². The van der Waals surface area contributed by atoms with E-state index in [-0.39, 0.29) is 0 Å². The lowest BCUT2D eigenvalue weighted by molar-refractivity contribution is 0.947. The largest absolute Gasteiger partial charge is 0.348 e.